The van der Waals surface area contributed by atoms with Gasteiger partial charge in [0, 0.05) is 19.1 Å². The van der Waals surface area contributed by atoms with Gasteiger partial charge < -0.3 is 10.2 Å². The first-order chi connectivity index (χ1) is 8.65. The molecule has 102 valence electrons. The molecular weight excluding hydrogens is 226 g/mol. The fourth-order valence-corrected chi connectivity index (χ4v) is 2.54. The van der Waals surface area contributed by atoms with Crippen LogP contribution in [-0.2, 0) is 13.6 Å². The zero-order valence-corrected chi connectivity index (χ0v) is 11.8. The van der Waals surface area contributed by atoms with E-state index in [4.69, 9.17) is 0 Å². The molecule has 2 heterocycles. The minimum Gasteiger partial charge on any atom is -0.307 e. The molecule has 2 rings (SSSR count). The van der Waals surface area contributed by atoms with Crippen molar-refractivity contribution in [3.8, 4) is 0 Å². The monoisotopic (exact) mass is 251 g/mol. The van der Waals surface area contributed by atoms with Crippen molar-refractivity contribution in [2.45, 2.75) is 51.7 Å². The van der Waals surface area contributed by atoms with Crippen molar-refractivity contribution in [1.29, 1.82) is 0 Å². The van der Waals surface area contributed by atoms with Crippen LogP contribution < -0.4 is 5.32 Å². The second kappa shape index (κ2) is 6.29. The van der Waals surface area contributed by atoms with E-state index in [1.165, 1.54) is 32.4 Å². The Morgan fingerprint density at radius 2 is 2.22 bits per heavy atom. The minimum absolute atomic E-state index is 0.609. The molecule has 0 saturated carbocycles. The maximum atomic E-state index is 4.29. The van der Waals surface area contributed by atoms with Crippen LogP contribution in [0.25, 0.3) is 0 Å². The van der Waals surface area contributed by atoms with Gasteiger partial charge in [-0.25, -0.2) is 4.98 Å². The first kappa shape index (κ1) is 13.5. The van der Waals surface area contributed by atoms with E-state index in [9.17, 15) is 0 Å². The summed E-state index contributed by atoms with van der Waals surface area (Å²) in [7, 11) is 1.91. The molecule has 1 atom stereocenters. The van der Waals surface area contributed by atoms with Crippen LogP contribution in [0, 0.1) is 0 Å². The molecule has 18 heavy (non-hydrogen) atoms. The Hall–Kier alpha value is -0.940. The molecule has 1 fully saturated rings. The summed E-state index contributed by atoms with van der Waals surface area (Å²) in [5.41, 5.74) is 0. The Morgan fingerprint density at radius 1 is 1.39 bits per heavy atom. The molecule has 5 heteroatoms. The highest BCUT2D eigenvalue weighted by Gasteiger charge is 2.18. The quantitative estimate of drug-likeness (QED) is 0.872. The van der Waals surface area contributed by atoms with Gasteiger partial charge in [0.2, 0.25) is 0 Å². The number of likely N-dealkylation sites (tertiary alicyclic amines) is 1. The summed E-state index contributed by atoms with van der Waals surface area (Å²) >= 11 is 0. The van der Waals surface area contributed by atoms with Gasteiger partial charge in [-0.2, -0.15) is 5.10 Å². The number of hydrogen-bond donors (Lipinski definition) is 1. The summed E-state index contributed by atoms with van der Waals surface area (Å²) in [5.74, 6) is 0.891. The third-order valence-electron chi connectivity index (χ3n) is 3.69. The maximum absolute atomic E-state index is 4.29. The largest absolute Gasteiger partial charge is 0.307 e. The Kier molecular flexibility index (Phi) is 4.72. The standard InChI is InChI=1S/C13H25N5/c1-11(2)18-7-4-5-12(6-8-18)14-9-13-15-10-17(3)16-13/h10-12,14H,4-9H2,1-3H3. The van der Waals surface area contributed by atoms with Gasteiger partial charge in [0.05, 0.1) is 6.54 Å². The van der Waals surface area contributed by atoms with Crippen LogP contribution in [0.1, 0.15) is 38.9 Å². The molecule has 0 aromatic carbocycles. The van der Waals surface area contributed by atoms with E-state index in [-0.39, 0.29) is 0 Å². The second-order valence-electron chi connectivity index (χ2n) is 5.47. The van der Waals surface area contributed by atoms with Crippen molar-refractivity contribution in [2.75, 3.05) is 13.1 Å². The predicted octanol–water partition coefficient (Wildman–Crippen LogP) is 1.17. The van der Waals surface area contributed by atoms with E-state index in [2.05, 4.69) is 34.1 Å². The van der Waals surface area contributed by atoms with Crippen LogP contribution in [-0.4, -0.2) is 44.8 Å². The Balaban J connectivity index is 1.77. The summed E-state index contributed by atoms with van der Waals surface area (Å²) in [5, 5.41) is 7.88. The number of nitrogens with one attached hydrogen (secondary N) is 1. The van der Waals surface area contributed by atoms with Crippen LogP contribution >= 0.6 is 0 Å². The molecule has 1 unspecified atom stereocenters. The molecule has 1 aliphatic heterocycles. The zero-order chi connectivity index (χ0) is 13.0. The molecule has 0 amide bonds. The number of nitrogens with zero attached hydrogens (tertiary/aromatic N) is 4. The van der Waals surface area contributed by atoms with Crippen molar-refractivity contribution in [3.63, 3.8) is 0 Å². The lowest BCUT2D eigenvalue weighted by atomic mass is 10.1. The van der Waals surface area contributed by atoms with E-state index in [1.54, 1.807) is 11.0 Å². The van der Waals surface area contributed by atoms with E-state index in [1.807, 2.05) is 7.05 Å². The molecule has 1 N–H and O–H groups in total. The van der Waals surface area contributed by atoms with Gasteiger partial charge in [-0.3, -0.25) is 4.68 Å². The number of rotatable bonds is 4. The van der Waals surface area contributed by atoms with Gasteiger partial charge in [0.15, 0.2) is 5.82 Å². The lowest BCUT2D eigenvalue weighted by Gasteiger charge is -2.24. The van der Waals surface area contributed by atoms with Crippen molar-refractivity contribution in [1.82, 2.24) is 25.0 Å². The molecule has 1 saturated heterocycles. The number of aryl methyl sites for hydroxylation is 1. The van der Waals surface area contributed by atoms with E-state index >= 15 is 0 Å². The van der Waals surface area contributed by atoms with Crippen molar-refractivity contribution in [3.05, 3.63) is 12.2 Å². The van der Waals surface area contributed by atoms with Crippen molar-refractivity contribution in [2.24, 2.45) is 7.05 Å². The molecule has 0 radical (unpaired) electrons. The predicted molar refractivity (Wildman–Crippen MR) is 72.2 cm³/mol. The summed E-state index contributed by atoms with van der Waals surface area (Å²) in [6, 6.07) is 1.28. The van der Waals surface area contributed by atoms with Crippen LogP contribution in [0.2, 0.25) is 0 Å². The highest BCUT2D eigenvalue weighted by atomic mass is 15.3. The first-order valence-electron chi connectivity index (χ1n) is 6.97. The summed E-state index contributed by atoms with van der Waals surface area (Å²) in [4.78, 5) is 6.82. The molecule has 0 spiro atoms. The van der Waals surface area contributed by atoms with Crippen LogP contribution in [0.4, 0.5) is 0 Å². The highest BCUT2D eigenvalue weighted by molar-refractivity contribution is 4.83. The van der Waals surface area contributed by atoms with E-state index < -0.39 is 0 Å². The molecule has 0 aliphatic carbocycles. The summed E-state index contributed by atoms with van der Waals surface area (Å²) in [6.45, 7) is 7.78. The zero-order valence-electron chi connectivity index (χ0n) is 11.8. The smallest absolute Gasteiger partial charge is 0.164 e. The van der Waals surface area contributed by atoms with Crippen LogP contribution in [0.15, 0.2) is 6.33 Å². The van der Waals surface area contributed by atoms with Crippen LogP contribution in [0.5, 0.6) is 0 Å². The summed E-state index contributed by atoms with van der Waals surface area (Å²) in [6.07, 6.45) is 5.52. The molecule has 1 aromatic heterocycles. The van der Waals surface area contributed by atoms with Crippen molar-refractivity contribution >= 4 is 0 Å². The van der Waals surface area contributed by atoms with Gasteiger partial charge in [-0.15, -0.1) is 0 Å². The second-order valence-corrected chi connectivity index (χ2v) is 5.47. The van der Waals surface area contributed by atoms with Crippen LogP contribution in [0.3, 0.4) is 0 Å². The van der Waals surface area contributed by atoms with Crippen molar-refractivity contribution < 1.29 is 0 Å². The molecule has 1 aromatic rings. The number of hydrogen-bond acceptors (Lipinski definition) is 4. The van der Waals surface area contributed by atoms with E-state index in [0.717, 1.165) is 12.4 Å². The third-order valence-corrected chi connectivity index (χ3v) is 3.69. The average Bonchev–Trinajstić information content (AvgIpc) is 2.62. The third kappa shape index (κ3) is 3.78. The Labute approximate surface area is 110 Å². The normalized spacial score (nSPS) is 22.3. The molecule has 5 nitrogen and oxygen atoms in total. The lowest BCUT2D eigenvalue weighted by Crippen LogP contribution is -2.34. The highest BCUT2D eigenvalue weighted by Crippen LogP contribution is 2.13. The van der Waals surface area contributed by atoms with Gasteiger partial charge in [0.1, 0.15) is 6.33 Å². The SMILES string of the molecule is CC(C)N1CCCC(NCc2ncn(C)n2)CC1. The lowest BCUT2D eigenvalue weighted by molar-refractivity contribution is 0.229. The Morgan fingerprint density at radius 3 is 2.89 bits per heavy atom. The number of aromatic nitrogens is 3. The fourth-order valence-electron chi connectivity index (χ4n) is 2.54. The fraction of sp³-hybridized carbons (Fsp3) is 0.846. The van der Waals surface area contributed by atoms with Gasteiger partial charge in [-0.05, 0) is 46.2 Å². The summed E-state index contributed by atoms with van der Waals surface area (Å²) < 4.78 is 1.75. The van der Waals surface area contributed by atoms with Gasteiger partial charge in [0.25, 0.3) is 0 Å². The Bertz CT molecular complexity index is 360. The van der Waals surface area contributed by atoms with E-state index in [0.29, 0.717) is 12.1 Å². The average molecular weight is 251 g/mol. The topological polar surface area (TPSA) is 46.0 Å². The maximum Gasteiger partial charge on any atom is 0.164 e. The van der Waals surface area contributed by atoms with Gasteiger partial charge >= 0.3 is 0 Å². The molecular formula is C13H25N5. The minimum atomic E-state index is 0.609. The first-order valence-corrected chi connectivity index (χ1v) is 6.97. The molecule has 0 bridgehead atoms. The van der Waals surface area contributed by atoms with Gasteiger partial charge in [-0.1, -0.05) is 0 Å². The molecule has 1 aliphatic rings.